The molecule has 0 saturated heterocycles. The molecule has 2 rings (SSSR count). The summed E-state index contributed by atoms with van der Waals surface area (Å²) in [6.07, 6.45) is 5.91. The molecule has 0 aromatic carbocycles. The lowest BCUT2D eigenvalue weighted by Crippen LogP contribution is -1.98. The van der Waals surface area contributed by atoms with Crippen molar-refractivity contribution in [2.75, 3.05) is 6.61 Å². The topological polar surface area (TPSA) is 65.2 Å². The maximum absolute atomic E-state index is 11.1. The Morgan fingerprint density at radius 1 is 1.56 bits per heavy atom. The van der Waals surface area contributed by atoms with Crippen molar-refractivity contribution in [2.45, 2.75) is 6.92 Å². The largest absolute Gasteiger partial charge is 0.463 e. The molecule has 0 saturated carbocycles. The van der Waals surface area contributed by atoms with Crippen LogP contribution in [0, 0.1) is 0 Å². The summed E-state index contributed by atoms with van der Waals surface area (Å²) in [5, 5.41) is 0. The van der Waals surface area contributed by atoms with Crippen molar-refractivity contribution in [1.82, 2.24) is 9.97 Å². The van der Waals surface area contributed by atoms with Crippen LogP contribution in [0.2, 0.25) is 0 Å². The normalized spacial score (nSPS) is 11.1. The Morgan fingerprint density at radius 2 is 2.44 bits per heavy atom. The summed E-state index contributed by atoms with van der Waals surface area (Å²) in [6.45, 7) is 2.12. The number of carbonyl (C=O) groups excluding carboxylic acids is 1. The number of esters is 1. The Morgan fingerprint density at radius 3 is 3.25 bits per heavy atom. The van der Waals surface area contributed by atoms with Crippen LogP contribution in [0.25, 0.3) is 17.3 Å². The number of oxazole rings is 1. The third-order valence-electron chi connectivity index (χ3n) is 1.91. The van der Waals surface area contributed by atoms with Gasteiger partial charge in [-0.1, -0.05) is 0 Å². The van der Waals surface area contributed by atoms with Gasteiger partial charge in [0.1, 0.15) is 0 Å². The molecule has 0 aliphatic carbocycles. The van der Waals surface area contributed by atoms with E-state index >= 15 is 0 Å². The Bertz CT molecular complexity index is 531. The number of fused-ring (bicyclic) bond motifs is 1. The maximum atomic E-state index is 11.1. The summed E-state index contributed by atoms with van der Waals surface area (Å²) in [7, 11) is 0. The molecule has 0 unspecified atom stereocenters. The second-order valence-electron chi connectivity index (χ2n) is 3.03. The van der Waals surface area contributed by atoms with Crippen LogP contribution in [0.5, 0.6) is 0 Å². The molecule has 0 spiro atoms. The lowest BCUT2D eigenvalue weighted by Gasteiger charge is -1.94. The predicted octanol–water partition coefficient (Wildman–Crippen LogP) is 1.80. The van der Waals surface area contributed by atoms with Gasteiger partial charge >= 0.3 is 5.97 Å². The molecule has 5 nitrogen and oxygen atoms in total. The zero-order valence-electron chi connectivity index (χ0n) is 8.71. The van der Waals surface area contributed by atoms with Crippen LogP contribution in [0.1, 0.15) is 12.5 Å². The number of hydrogen-bond acceptors (Lipinski definition) is 5. The summed E-state index contributed by atoms with van der Waals surface area (Å²) >= 11 is 0. The minimum atomic E-state index is -0.375. The molecule has 0 amide bonds. The molecule has 0 fully saturated rings. The van der Waals surface area contributed by atoms with Crippen molar-refractivity contribution in [1.29, 1.82) is 0 Å². The fraction of sp³-hybridized carbons (Fsp3) is 0.182. The maximum Gasteiger partial charge on any atom is 0.330 e. The number of pyridine rings is 1. The molecule has 5 heteroatoms. The van der Waals surface area contributed by atoms with Crippen LogP contribution in [0.15, 0.2) is 29.2 Å². The molecule has 0 radical (unpaired) electrons. The molecular formula is C11H10N2O3. The van der Waals surface area contributed by atoms with Crippen LogP contribution in [0.4, 0.5) is 0 Å². The smallest absolute Gasteiger partial charge is 0.330 e. The highest BCUT2D eigenvalue weighted by molar-refractivity contribution is 5.87. The van der Waals surface area contributed by atoms with E-state index in [9.17, 15) is 4.79 Å². The molecular weight excluding hydrogens is 208 g/mol. The number of rotatable bonds is 3. The van der Waals surface area contributed by atoms with Gasteiger partial charge in [-0.25, -0.2) is 9.78 Å². The van der Waals surface area contributed by atoms with E-state index in [-0.39, 0.29) is 5.97 Å². The van der Waals surface area contributed by atoms with Crippen molar-refractivity contribution in [2.24, 2.45) is 0 Å². The quantitative estimate of drug-likeness (QED) is 0.580. The summed E-state index contributed by atoms with van der Waals surface area (Å²) in [6, 6.07) is 1.76. The third-order valence-corrected chi connectivity index (χ3v) is 1.91. The second kappa shape index (κ2) is 4.57. The van der Waals surface area contributed by atoms with Gasteiger partial charge in [0, 0.05) is 12.3 Å². The average Bonchev–Trinajstić information content (AvgIpc) is 2.74. The summed E-state index contributed by atoms with van der Waals surface area (Å²) < 4.78 is 9.84. The molecule has 82 valence electrons. The van der Waals surface area contributed by atoms with Gasteiger partial charge in [-0.2, -0.15) is 4.98 Å². The Labute approximate surface area is 91.8 Å². The van der Waals surface area contributed by atoms with Gasteiger partial charge < -0.3 is 9.15 Å². The molecule has 2 aromatic rings. The Hall–Kier alpha value is -2.17. The first-order chi connectivity index (χ1) is 7.79. The summed E-state index contributed by atoms with van der Waals surface area (Å²) in [5.41, 5.74) is 1.90. The lowest BCUT2D eigenvalue weighted by molar-refractivity contribution is -0.137. The van der Waals surface area contributed by atoms with Crippen molar-refractivity contribution >= 4 is 23.3 Å². The fourth-order valence-electron chi connectivity index (χ4n) is 1.22. The zero-order valence-corrected chi connectivity index (χ0v) is 8.71. The van der Waals surface area contributed by atoms with Gasteiger partial charge in [-0.3, -0.25) is 0 Å². The van der Waals surface area contributed by atoms with Gasteiger partial charge in [0.15, 0.2) is 17.6 Å². The Balaban J connectivity index is 2.17. The van der Waals surface area contributed by atoms with E-state index in [2.05, 4.69) is 9.97 Å². The van der Waals surface area contributed by atoms with E-state index < -0.39 is 0 Å². The van der Waals surface area contributed by atoms with Crippen LogP contribution in [-0.2, 0) is 9.53 Å². The van der Waals surface area contributed by atoms with E-state index in [1.54, 1.807) is 25.3 Å². The summed E-state index contributed by atoms with van der Waals surface area (Å²) in [4.78, 5) is 19.0. The predicted molar refractivity (Wildman–Crippen MR) is 57.5 cm³/mol. The first kappa shape index (κ1) is 10.4. The number of nitrogens with zero attached hydrogens (tertiary/aromatic N) is 2. The van der Waals surface area contributed by atoms with E-state index in [1.165, 1.54) is 12.5 Å². The van der Waals surface area contributed by atoms with Crippen LogP contribution < -0.4 is 0 Å². The van der Waals surface area contributed by atoms with Gasteiger partial charge in [0.05, 0.1) is 6.61 Å². The van der Waals surface area contributed by atoms with Gasteiger partial charge in [-0.05, 0) is 24.6 Å². The van der Waals surface area contributed by atoms with E-state index in [1.807, 2.05) is 0 Å². The molecule has 0 aliphatic heterocycles. The van der Waals surface area contributed by atoms with Crippen LogP contribution >= 0.6 is 0 Å². The van der Waals surface area contributed by atoms with Crippen molar-refractivity contribution in [3.05, 3.63) is 30.3 Å². The second-order valence-corrected chi connectivity index (χ2v) is 3.03. The zero-order chi connectivity index (χ0) is 11.4. The third kappa shape index (κ3) is 2.25. The monoisotopic (exact) mass is 218 g/mol. The van der Waals surface area contributed by atoms with Crippen LogP contribution in [-0.4, -0.2) is 22.5 Å². The first-order valence-corrected chi connectivity index (χ1v) is 4.83. The SMILES string of the molecule is CCOC(=O)/C=C/c1cnc2ncoc2c1. The van der Waals surface area contributed by atoms with Crippen LogP contribution in [0.3, 0.4) is 0 Å². The molecule has 0 N–H and O–H groups in total. The first-order valence-electron chi connectivity index (χ1n) is 4.83. The molecule has 0 aliphatic rings. The van der Waals surface area contributed by atoms with Crippen molar-refractivity contribution < 1.29 is 13.9 Å². The van der Waals surface area contributed by atoms with E-state index in [0.717, 1.165) is 5.56 Å². The molecule has 2 aromatic heterocycles. The molecule has 0 bridgehead atoms. The summed E-state index contributed by atoms with van der Waals surface area (Å²) in [5.74, 6) is -0.375. The fourth-order valence-corrected chi connectivity index (χ4v) is 1.22. The minimum Gasteiger partial charge on any atom is -0.463 e. The van der Waals surface area contributed by atoms with Gasteiger partial charge in [-0.15, -0.1) is 0 Å². The number of carbonyl (C=O) groups is 1. The lowest BCUT2D eigenvalue weighted by atomic mass is 10.2. The van der Waals surface area contributed by atoms with Gasteiger partial charge in [0.25, 0.3) is 0 Å². The highest BCUT2D eigenvalue weighted by atomic mass is 16.5. The van der Waals surface area contributed by atoms with E-state index in [0.29, 0.717) is 17.8 Å². The highest BCUT2D eigenvalue weighted by Gasteiger charge is 2.00. The molecule has 0 atom stereocenters. The number of ether oxygens (including phenoxy) is 1. The standard InChI is InChI=1S/C11H10N2O3/c1-2-15-10(14)4-3-8-5-9-11(12-6-8)13-7-16-9/h3-7H,2H2,1H3/b4-3+. The van der Waals surface area contributed by atoms with Crippen molar-refractivity contribution in [3.63, 3.8) is 0 Å². The molecule has 16 heavy (non-hydrogen) atoms. The Kier molecular flexibility index (Phi) is 2.95. The minimum absolute atomic E-state index is 0.364. The molecule has 2 heterocycles. The number of hydrogen-bond donors (Lipinski definition) is 0. The highest BCUT2D eigenvalue weighted by Crippen LogP contribution is 2.12. The average molecular weight is 218 g/mol. The van der Waals surface area contributed by atoms with E-state index in [4.69, 9.17) is 9.15 Å². The number of aromatic nitrogens is 2. The van der Waals surface area contributed by atoms with Crippen molar-refractivity contribution in [3.8, 4) is 0 Å². The van der Waals surface area contributed by atoms with Gasteiger partial charge in [0.2, 0.25) is 0 Å².